The van der Waals surface area contributed by atoms with Crippen molar-refractivity contribution in [2.24, 2.45) is 5.73 Å². The number of nitrogen functional groups attached to an aromatic ring is 1. The minimum absolute atomic E-state index is 0.195. The molecule has 0 spiro atoms. The summed E-state index contributed by atoms with van der Waals surface area (Å²) in [5.74, 6) is 1.17. The summed E-state index contributed by atoms with van der Waals surface area (Å²) < 4.78 is 11.3. The Hall–Kier alpha value is -1.63. The quantitative estimate of drug-likeness (QED) is 0.728. The number of hydrogen-bond donors (Lipinski definition) is 2. The molecule has 0 atom stereocenters. The van der Waals surface area contributed by atoms with E-state index in [1.807, 2.05) is 4.90 Å². The molecule has 17 heavy (non-hydrogen) atoms. The van der Waals surface area contributed by atoms with E-state index in [1.54, 1.807) is 6.07 Å². The largest absolute Gasteiger partial charge is 0.396 e. The zero-order valence-corrected chi connectivity index (χ0v) is 10.1. The summed E-state index contributed by atoms with van der Waals surface area (Å²) in [6, 6.07) is 3.12. The van der Waals surface area contributed by atoms with E-state index in [-0.39, 0.29) is 5.69 Å². The van der Waals surface area contributed by atoms with Crippen LogP contribution in [0.15, 0.2) is 12.1 Å². The zero-order chi connectivity index (χ0) is 12.4. The highest BCUT2D eigenvalue weighted by molar-refractivity contribution is 7.85. The lowest BCUT2D eigenvalue weighted by molar-refractivity contribution is 0.0995. The maximum absolute atomic E-state index is 11.3. The van der Waals surface area contributed by atoms with E-state index in [4.69, 9.17) is 11.5 Å². The molecular formula is C10H14N4O2S. The Morgan fingerprint density at radius 1 is 1.35 bits per heavy atom. The van der Waals surface area contributed by atoms with Crippen molar-refractivity contribution in [2.45, 2.75) is 0 Å². The molecule has 92 valence electrons. The summed E-state index contributed by atoms with van der Waals surface area (Å²) in [5.41, 5.74) is 11.7. The molecule has 2 rings (SSSR count). The van der Waals surface area contributed by atoms with Crippen LogP contribution in [0.3, 0.4) is 0 Å². The van der Waals surface area contributed by atoms with Crippen molar-refractivity contribution in [3.05, 3.63) is 17.8 Å². The lowest BCUT2D eigenvalue weighted by Crippen LogP contribution is -2.38. The first-order chi connectivity index (χ1) is 8.08. The molecule has 4 N–H and O–H groups in total. The summed E-state index contributed by atoms with van der Waals surface area (Å²) in [5, 5.41) is 0. The van der Waals surface area contributed by atoms with Gasteiger partial charge in [-0.3, -0.25) is 9.00 Å². The van der Waals surface area contributed by atoms with Crippen LogP contribution in [0, 0.1) is 0 Å². The Morgan fingerprint density at radius 2 is 2.00 bits per heavy atom. The summed E-state index contributed by atoms with van der Waals surface area (Å²) in [6.45, 7) is 1.26. The number of nitrogens with zero attached hydrogens (tertiary/aromatic N) is 2. The van der Waals surface area contributed by atoms with E-state index in [0.717, 1.165) is 0 Å². The molecule has 0 aromatic carbocycles. The van der Waals surface area contributed by atoms with Gasteiger partial charge in [0.05, 0.1) is 5.69 Å². The van der Waals surface area contributed by atoms with Crippen LogP contribution in [0.4, 0.5) is 11.5 Å². The molecule has 0 bridgehead atoms. The van der Waals surface area contributed by atoms with Gasteiger partial charge in [0.25, 0.3) is 5.91 Å². The number of amides is 1. The van der Waals surface area contributed by atoms with Gasteiger partial charge < -0.3 is 16.4 Å². The zero-order valence-electron chi connectivity index (χ0n) is 9.26. The van der Waals surface area contributed by atoms with Gasteiger partial charge in [0.1, 0.15) is 5.69 Å². The van der Waals surface area contributed by atoms with Crippen LogP contribution in [0.1, 0.15) is 10.5 Å². The van der Waals surface area contributed by atoms with Gasteiger partial charge in [-0.15, -0.1) is 0 Å². The average molecular weight is 254 g/mol. The standard InChI is InChI=1S/C10H14N4O2S/c11-7-1-2-8(9(12)15)13-10(7)14-3-5-17(16)6-4-14/h1-2H,3-6,11H2,(H2,12,15). The van der Waals surface area contributed by atoms with Gasteiger partial charge in [0, 0.05) is 35.4 Å². The van der Waals surface area contributed by atoms with Gasteiger partial charge in [-0.25, -0.2) is 4.98 Å². The summed E-state index contributed by atoms with van der Waals surface area (Å²) in [7, 11) is -0.757. The van der Waals surface area contributed by atoms with Gasteiger partial charge in [-0.2, -0.15) is 0 Å². The molecule has 7 heteroatoms. The fourth-order valence-corrected chi connectivity index (χ4v) is 2.75. The van der Waals surface area contributed by atoms with Crippen molar-refractivity contribution in [1.82, 2.24) is 4.98 Å². The lowest BCUT2D eigenvalue weighted by atomic mass is 10.3. The number of nitrogens with two attached hydrogens (primary N) is 2. The molecular weight excluding hydrogens is 240 g/mol. The molecule has 1 aromatic heterocycles. The molecule has 1 aromatic rings. The van der Waals surface area contributed by atoms with Gasteiger partial charge in [0.15, 0.2) is 5.82 Å². The van der Waals surface area contributed by atoms with Gasteiger partial charge in [-0.1, -0.05) is 0 Å². The van der Waals surface area contributed by atoms with E-state index in [2.05, 4.69) is 4.98 Å². The normalized spacial score (nSPS) is 17.1. The van der Waals surface area contributed by atoms with Crippen molar-refractivity contribution in [3.63, 3.8) is 0 Å². The molecule has 0 radical (unpaired) electrons. The number of primary amides is 1. The van der Waals surface area contributed by atoms with E-state index in [1.165, 1.54) is 6.07 Å². The average Bonchev–Trinajstić information content (AvgIpc) is 2.31. The van der Waals surface area contributed by atoms with Crippen molar-refractivity contribution < 1.29 is 9.00 Å². The summed E-state index contributed by atoms with van der Waals surface area (Å²) in [4.78, 5) is 17.1. The maximum atomic E-state index is 11.3. The van der Waals surface area contributed by atoms with Gasteiger partial charge in [-0.05, 0) is 12.1 Å². The molecule has 0 aliphatic carbocycles. The number of hydrogen-bond acceptors (Lipinski definition) is 5. The van der Waals surface area contributed by atoms with Crippen LogP contribution in [0.2, 0.25) is 0 Å². The first-order valence-corrected chi connectivity index (χ1v) is 6.73. The first kappa shape index (κ1) is 11.8. The van der Waals surface area contributed by atoms with Crippen LogP contribution in [0.5, 0.6) is 0 Å². The third-order valence-electron chi connectivity index (χ3n) is 2.64. The second kappa shape index (κ2) is 4.70. The second-order valence-electron chi connectivity index (χ2n) is 3.81. The maximum Gasteiger partial charge on any atom is 0.267 e. The highest BCUT2D eigenvalue weighted by Gasteiger charge is 2.19. The Morgan fingerprint density at radius 3 is 2.59 bits per heavy atom. The highest BCUT2D eigenvalue weighted by atomic mass is 32.2. The fraction of sp³-hybridized carbons (Fsp3) is 0.400. The minimum Gasteiger partial charge on any atom is -0.396 e. The highest BCUT2D eigenvalue weighted by Crippen LogP contribution is 2.21. The molecule has 0 unspecified atom stereocenters. The van der Waals surface area contributed by atoms with Crippen molar-refractivity contribution in [3.8, 4) is 0 Å². The van der Waals surface area contributed by atoms with Crippen molar-refractivity contribution in [1.29, 1.82) is 0 Å². The fourth-order valence-electron chi connectivity index (χ4n) is 1.70. The number of carbonyl (C=O) groups excluding carboxylic acids is 1. The van der Waals surface area contributed by atoms with E-state index in [0.29, 0.717) is 36.1 Å². The molecule has 0 saturated carbocycles. The van der Waals surface area contributed by atoms with Crippen molar-refractivity contribution >= 4 is 28.2 Å². The lowest BCUT2D eigenvalue weighted by Gasteiger charge is -2.28. The Kier molecular flexibility index (Phi) is 3.28. The molecule has 1 amide bonds. The number of pyridine rings is 1. The molecule has 1 aliphatic heterocycles. The van der Waals surface area contributed by atoms with Gasteiger partial charge >= 0.3 is 0 Å². The third-order valence-corrected chi connectivity index (χ3v) is 3.91. The number of anilines is 2. The minimum atomic E-state index is -0.757. The first-order valence-electron chi connectivity index (χ1n) is 5.24. The molecule has 1 saturated heterocycles. The second-order valence-corrected chi connectivity index (χ2v) is 5.50. The van der Waals surface area contributed by atoms with Crippen LogP contribution in [0.25, 0.3) is 0 Å². The summed E-state index contributed by atoms with van der Waals surface area (Å²) in [6.07, 6.45) is 0. The van der Waals surface area contributed by atoms with Crippen LogP contribution < -0.4 is 16.4 Å². The smallest absolute Gasteiger partial charge is 0.267 e. The van der Waals surface area contributed by atoms with E-state index in [9.17, 15) is 9.00 Å². The topological polar surface area (TPSA) is 102 Å². The monoisotopic (exact) mass is 254 g/mol. The Balaban J connectivity index is 2.27. The Labute approximate surface area is 101 Å². The molecule has 1 aliphatic rings. The Bertz CT molecular complexity index is 467. The predicted molar refractivity (Wildman–Crippen MR) is 67.3 cm³/mol. The van der Waals surface area contributed by atoms with Crippen LogP contribution in [-0.4, -0.2) is 39.7 Å². The molecule has 1 fully saturated rings. The SMILES string of the molecule is NC(=O)c1ccc(N)c(N2CCS(=O)CC2)n1. The molecule has 6 nitrogen and oxygen atoms in total. The number of carbonyl (C=O) groups is 1. The number of aromatic nitrogens is 1. The third kappa shape index (κ3) is 2.55. The van der Waals surface area contributed by atoms with Crippen molar-refractivity contribution in [2.75, 3.05) is 35.2 Å². The van der Waals surface area contributed by atoms with E-state index < -0.39 is 16.7 Å². The molecule has 2 heterocycles. The van der Waals surface area contributed by atoms with Gasteiger partial charge in [0.2, 0.25) is 0 Å². The number of rotatable bonds is 2. The van der Waals surface area contributed by atoms with E-state index >= 15 is 0 Å². The van der Waals surface area contributed by atoms with Crippen LogP contribution in [-0.2, 0) is 10.8 Å². The van der Waals surface area contributed by atoms with Crippen LogP contribution >= 0.6 is 0 Å². The predicted octanol–water partition coefficient (Wildman–Crippen LogP) is -0.669. The summed E-state index contributed by atoms with van der Waals surface area (Å²) >= 11 is 0.